The van der Waals surface area contributed by atoms with Gasteiger partial charge in [-0.2, -0.15) is 0 Å². The number of carbonyl (C=O) groups is 4. The fraction of sp³-hybridized carbons (Fsp3) is 0.379. The van der Waals surface area contributed by atoms with Crippen LogP contribution in [0.3, 0.4) is 0 Å². The van der Waals surface area contributed by atoms with Crippen molar-refractivity contribution in [1.82, 2.24) is 4.90 Å². The third-order valence-electron chi connectivity index (χ3n) is 8.92. The van der Waals surface area contributed by atoms with Gasteiger partial charge in [0.2, 0.25) is 11.8 Å². The molecule has 1 N–H and O–H groups in total. The summed E-state index contributed by atoms with van der Waals surface area (Å²) in [4.78, 5) is 53.4. The lowest BCUT2D eigenvalue weighted by atomic mass is 9.56. The summed E-state index contributed by atoms with van der Waals surface area (Å²) in [5.74, 6) is -5.53. The van der Waals surface area contributed by atoms with Crippen LogP contribution in [-0.4, -0.2) is 48.8 Å². The van der Waals surface area contributed by atoms with Gasteiger partial charge >= 0.3 is 0 Å². The van der Waals surface area contributed by atoms with E-state index in [0.29, 0.717) is 11.3 Å². The molecular weight excluding hydrogens is 643 g/mol. The number of benzene rings is 2. The number of rotatable bonds is 4. The zero-order valence-corrected chi connectivity index (χ0v) is 25.1. The molecule has 0 unspecified atom stereocenters. The van der Waals surface area contributed by atoms with Crippen molar-refractivity contribution in [1.29, 1.82) is 0 Å². The Bertz CT molecular complexity index is 1510. The lowest BCUT2D eigenvalue weighted by Crippen LogP contribution is -2.60. The number of phenolic OH excluding ortho intramolecular Hbond substituents is 1. The molecule has 2 aromatic rings. The van der Waals surface area contributed by atoms with Crippen LogP contribution in [0.4, 0.5) is 5.69 Å². The minimum Gasteiger partial charge on any atom is -0.508 e. The molecule has 2 aliphatic heterocycles. The summed E-state index contributed by atoms with van der Waals surface area (Å²) < 4.78 is 0. The van der Waals surface area contributed by atoms with Gasteiger partial charge in [0, 0.05) is 16.5 Å². The minimum absolute atomic E-state index is 0.126. The first-order chi connectivity index (χ1) is 19.0. The summed E-state index contributed by atoms with van der Waals surface area (Å²) in [5.41, 5.74) is 2.24. The molecule has 2 saturated heterocycles. The van der Waals surface area contributed by atoms with E-state index in [-0.39, 0.29) is 46.4 Å². The predicted octanol–water partition coefficient (Wildman–Crippen LogP) is 5.52. The van der Waals surface area contributed by atoms with Gasteiger partial charge in [-0.1, -0.05) is 58.2 Å². The van der Waals surface area contributed by atoms with Crippen LogP contribution in [0.25, 0.3) is 0 Å². The molecule has 4 aliphatic rings. The highest BCUT2D eigenvalue weighted by Gasteiger charge is 2.76. The first-order valence-corrected chi connectivity index (χ1v) is 15.2. The van der Waals surface area contributed by atoms with E-state index in [9.17, 15) is 24.3 Å². The number of aromatic hydroxyl groups is 1. The van der Waals surface area contributed by atoms with Crippen molar-refractivity contribution < 1.29 is 24.3 Å². The van der Waals surface area contributed by atoms with E-state index in [1.165, 1.54) is 23.1 Å². The Morgan fingerprint density at radius 3 is 2.35 bits per heavy atom. The average Bonchev–Trinajstić information content (AvgIpc) is 3.28. The number of fused-ring (bicyclic) bond motifs is 4. The molecule has 0 aromatic heterocycles. The molecule has 3 fully saturated rings. The van der Waals surface area contributed by atoms with Crippen LogP contribution >= 0.6 is 50.7 Å². The molecule has 208 valence electrons. The van der Waals surface area contributed by atoms with Crippen LogP contribution in [0.5, 0.6) is 5.75 Å². The Kier molecular flexibility index (Phi) is 6.65. The van der Waals surface area contributed by atoms with Crippen LogP contribution in [-0.2, 0) is 25.6 Å². The van der Waals surface area contributed by atoms with Gasteiger partial charge in [0.1, 0.15) is 5.75 Å². The third-order valence-corrected chi connectivity index (χ3v) is 11.1. The molecule has 7 nitrogen and oxygen atoms in total. The fourth-order valence-electron chi connectivity index (χ4n) is 6.99. The Morgan fingerprint density at radius 1 is 1.00 bits per heavy atom. The van der Waals surface area contributed by atoms with Crippen molar-refractivity contribution in [2.75, 3.05) is 10.4 Å². The van der Waals surface area contributed by atoms with E-state index in [1.807, 2.05) is 25.1 Å². The number of nitrogens with zero attached hydrogens (tertiary/aromatic N) is 2. The van der Waals surface area contributed by atoms with Crippen LogP contribution in [0.15, 0.2) is 54.1 Å². The van der Waals surface area contributed by atoms with E-state index >= 15 is 0 Å². The summed E-state index contributed by atoms with van der Waals surface area (Å²) in [5, 5.41) is 11.2. The molecule has 2 aliphatic carbocycles. The van der Waals surface area contributed by atoms with Crippen molar-refractivity contribution in [2.24, 2.45) is 17.8 Å². The number of hydrogen-bond donors (Lipinski definition) is 1. The second-order valence-corrected chi connectivity index (χ2v) is 12.9. The normalized spacial score (nSPS) is 33.2. The van der Waals surface area contributed by atoms with Crippen LogP contribution in [0.1, 0.15) is 36.8 Å². The summed E-state index contributed by atoms with van der Waals surface area (Å²) in [6.07, 6.45) is 2.74. The average molecular weight is 667 g/mol. The predicted molar refractivity (Wildman–Crippen MR) is 155 cm³/mol. The topological polar surface area (TPSA) is 95.0 Å². The molecule has 11 heteroatoms. The molecule has 2 heterocycles. The number of amides is 4. The summed E-state index contributed by atoms with van der Waals surface area (Å²) in [6, 6.07) is 11.7. The number of phenols is 1. The molecule has 6 atom stereocenters. The zero-order valence-electron chi connectivity index (χ0n) is 21.2. The number of allylic oxidation sites excluding steroid dienone is 2. The number of alkyl halides is 3. The lowest BCUT2D eigenvalue weighted by Gasteiger charge is -2.50. The maximum Gasteiger partial charge on any atom is 0.254 e. The van der Waals surface area contributed by atoms with E-state index in [1.54, 1.807) is 12.1 Å². The largest absolute Gasteiger partial charge is 0.508 e. The molecule has 40 heavy (non-hydrogen) atoms. The van der Waals surface area contributed by atoms with Crippen LogP contribution in [0, 0.1) is 17.8 Å². The van der Waals surface area contributed by atoms with Gasteiger partial charge in [0.25, 0.3) is 11.8 Å². The highest BCUT2D eigenvalue weighted by atomic mass is 79.9. The second-order valence-electron chi connectivity index (χ2n) is 10.7. The van der Waals surface area contributed by atoms with Crippen molar-refractivity contribution in [3.63, 3.8) is 0 Å². The van der Waals surface area contributed by atoms with Gasteiger partial charge in [-0.25, -0.2) is 0 Å². The number of carbonyl (C=O) groups excluding carboxylic acids is 4. The standard InChI is InChI=1S/C29H24BrCl3N2O5/c1-2-14-3-6-16(7-4-14)35-24(37)18-9-8-17-20(22(18)25(35)38)12-28(32)26(39)34(13-30)27(40)29(28,33)23(17)19-11-15(31)5-10-21(19)36/h3-8,10-11,18,20,22-23,36H,2,9,12-13H2,1H3/t18-,20+,22-,23+,28+,29-/m0/s1. The number of anilines is 1. The summed E-state index contributed by atoms with van der Waals surface area (Å²) in [6.45, 7) is 2.02. The number of aryl methyl sites for hydroxylation is 1. The molecular formula is C29H24BrCl3N2O5. The summed E-state index contributed by atoms with van der Waals surface area (Å²) in [7, 11) is 0. The Labute approximate surface area is 254 Å². The van der Waals surface area contributed by atoms with E-state index in [0.717, 1.165) is 16.9 Å². The van der Waals surface area contributed by atoms with E-state index < -0.39 is 45.2 Å². The summed E-state index contributed by atoms with van der Waals surface area (Å²) >= 11 is 23.9. The molecule has 2 aromatic carbocycles. The Balaban J connectivity index is 1.51. The van der Waals surface area contributed by atoms with E-state index in [2.05, 4.69) is 15.9 Å². The number of halogens is 4. The van der Waals surface area contributed by atoms with E-state index in [4.69, 9.17) is 34.8 Å². The first kappa shape index (κ1) is 27.8. The SMILES string of the molecule is CCc1ccc(N2C(=O)[C@H]3[C@H](CC=C4[C@H]3C[C@@]3(Cl)C(=O)N(CBr)C(=O)[C@@]3(Cl)[C@H]4c3cc(Cl)ccc3O)C2=O)cc1. The van der Waals surface area contributed by atoms with Gasteiger partial charge in [0.15, 0.2) is 9.75 Å². The molecule has 6 rings (SSSR count). The maximum atomic E-state index is 14.0. The zero-order chi connectivity index (χ0) is 28.7. The van der Waals surface area contributed by atoms with Crippen LogP contribution < -0.4 is 4.90 Å². The van der Waals surface area contributed by atoms with Crippen LogP contribution in [0.2, 0.25) is 5.02 Å². The fourth-order valence-corrected chi connectivity index (χ4v) is 8.59. The quantitative estimate of drug-likeness (QED) is 0.201. The highest BCUT2D eigenvalue weighted by Crippen LogP contribution is 2.66. The number of likely N-dealkylation sites (tertiary alicyclic amines) is 1. The second kappa shape index (κ2) is 9.58. The Morgan fingerprint density at radius 2 is 1.70 bits per heavy atom. The van der Waals surface area contributed by atoms with Gasteiger partial charge in [0.05, 0.1) is 23.0 Å². The molecule has 0 bridgehead atoms. The highest BCUT2D eigenvalue weighted by molar-refractivity contribution is 9.09. The first-order valence-electron chi connectivity index (χ1n) is 12.9. The maximum absolute atomic E-state index is 14.0. The van der Waals surface area contributed by atoms with Crippen molar-refractivity contribution >= 4 is 80.0 Å². The van der Waals surface area contributed by atoms with Crippen molar-refractivity contribution in [2.45, 2.75) is 41.9 Å². The van der Waals surface area contributed by atoms with Gasteiger partial charge in [-0.05, 0) is 61.1 Å². The van der Waals surface area contributed by atoms with Crippen molar-refractivity contribution in [3.05, 3.63) is 70.3 Å². The number of hydrogen-bond acceptors (Lipinski definition) is 5. The molecule has 4 amide bonds. The molecule has 1 saturated carbocycles. The molecule has 0 spiro atoms. The van der Waals surface area contributed by atoms with Gasteiger partial charge < -0.3 is 5.11 Å². The van der Waals surface area contributed by atoms with Gasteiger partial charge in [-0.3, -0.25) is 29.0 Å². The monoisotopic (exact) mass is 664 g/mol. The van der Waals surface area contributed by atoms with Crippen molar-refractivity contribution in [3.8, 4) is 5.75 Å². The third kappa shape index (κ3) is 3.55. The lowest BCUT2D eigenvalue weighted by molar-refractivity contribution is -0.138. The van der Waals surface area contributed by atoms with Gasteiger partial charge in [-0.15, -0.1) is 23.2 Å². The Hall–Kier alpha value is -2.39. The minimum atomic E-state index is -2.00. The smallest absolute Gasteiger partial charge is 0.254 e. The molecule has 0 radical (unpaired) electrons. The number of imide groups is 2.